The van der Waals surface area contributed by atoms with Crippen LogP contribution in [0.2, 0.25) is 0 Å². The van der Waals surface area contributed by atoms with Crippen molar-refractivity contribution in [1.82, 2.24) is 4.98 Å². The van der Waals surface area contributed by atoms with Gasteiger partial charge in [0.25, 0.3) is 0 Å². The van der Waals surface area contributed by atoms with E-state index in [4.69, 9.17) is 0 Å². The molecule has 2 heterocycles. The Bertz CT molecular complexity index is 495. The van der Waals surface area contributed by atoms with Gasteiger partial charge in [-0.05, 0) is 46.1 Å². The summed E-state index contributed by atoms with van der Waals surface area (Å²) in [6.07, 6.45) is 5.46. The van der Waals surface area contributed by atoms with E-state index in [9.17, 15) is 4.79 Å². The Labute approximate surface area is 113 Å². The maximum atomic E-state index is 11.8. The van der Waals surface area contributed by atoms with Crippen molar-refractivity contribution in [3.05, 3.63) is 50.9 Å². The molecule has 0 amide bonds. The first-order valence-corrected chi connectivity index (χ1v) is 7.00. The SMILES string of the molecule is O=C(CCc1cccnc1)Cc1ccc(Br)s1. The highest BCUT2D eigenvalue weighted by Crippen LogP contribution is 2.22. The van der Waals surface area contributed by atoms with Gasteiger partial charge in [-0.3, -0.25) is 9.78 Å². The van der Waals surface area contributed by atoms with Crippen LogP contribution in [-0.2, 0) is 17.6 Å². The zero-order valence-corrected chi connectivity index (χ0v) is 11.6. The molecule has 4 heteroatoms. The van der Waals surface area contributed by atoms with Crippen LogP contribution in [0.4, 0.5) is 0 Å². The number of carbonyl (C=O) groups is 1. The van der Waals surface area contributed by atoms with E-state index in [2.05, 4.69) is 20.9 Å². The largest absolute Gasteiger partial charge is 0.299 e. The molecule has 0 aromatic carbocycles. The predicted molar refractivity (Wildman–Crippen MR) is 73.3 cm³/mol. The molecule has 0 atom stereocenters. The van der Waals surface area contributed by atoms with Gasteiger partial charge in [-0.15, -0.1) is 11.3 Å². The highest BCUT2D eigenvalue weighted by Gasteiger charge is 2.06. The third-order valence-electron chi connectivity index (χ3n) is 2.42. The van der Waals surface area contributed by atoms with Gasteiger partial charge in [0.1, 0.15) is 5.78 Å². The van der Waals surface area contributed by atoms with Crippen molar-refractivity contribution in [1.29, 1.82) is 0 Å². The lowest BCUT2D eigenvalue weighted by molar-refractivity contribution is -0.118. The number of rotatable bonds is 5. The Balaban J connectivity index is 1.82. The summed E-state index contributed by atoms with van der Waals surface area (Å²) in [5, 5.41) is 0. The fraction of sp³-hybridized carbons (Fsp3) is 0.231. The number of hydrogen-bond donors (Lipinski definition) is 0. The van der Waals surface area contributed by atoms with Crippen LogP contribution in [0.5, 0.6) is 0 Å². The molecule has 17 heavy (non-hydrogen) atoms. The molecule has 2 aromatic heterocycles. The average Bonchev–Trinajstić information content (AvgIpc) is 2.73. The third kappa shape index (κ3) is 4.06. The topological polar surface area (TPSA) is 30.0 Å². The molecule has 0 aliphatic heterocycles. The molecule has 0 saturated carbocycles. The number of aromatic nitrogens is 1. The summed E-state index contributed by atoms with van der Waals surface area (Å²) in [6, 6.07) is 7.88. The van der Waals surface area contributed by atoms with Crippen LogP contribution < -0.4 is 0 Å². The molecule has 0 radical (unpaired) electrons. The Morgan fingerprint density at radius 3 is 2.88 bits per heavy atom. The Morgan fingerprint density at radius 2 is 2.24 bits per heavy atom. The standard InChI is InChI=1S/C13H12BrNOS/c14-13-6-5-12(17-13)8-11(16)4-3-10-2-1-7-15-9-10/h1-2,5-7,9H,3-4,8H2. The molecule has 0 spiro atoms. The van der Waals surface area contributed by atoms with Crippen molar-refractivity contribution in [3.63, 3.8) is 0 Å². The number of halogens is 1. The minimum Gasteiger partial charge on any atom is -0.299 e. The number of hydrogen-bond acceptors (Lipinski definition) is 3. The highest BCUT2D eigenvalue weighted by molar-refractivity contribution is 9.11. The fourth-order valence-electron chi connectivity index (χ4n) is 1.56. The molecular weight excluding hydrogens is 298 g/mol. The van der Waals surface area contributed by atoms with Crippen LogP contribution in [-0.4, -0.2) is 10.8 Å². The number of thiophene rings is 1. The van der Waals surface area contributed by atoms with Gasteiger partial charge in [0.15, 0.2) is 0 Å². The monoisotopic (exact) mass is 309 g/mol. The van der Waals surface area contributed by atoms with Crippen LogP contribution >= 0.6 is 27.3 Å². The van der Waals surface area contributed by atoms with Crippen molar-refractivity contribution >= 4 is 33.0 Å². The smallest absolute Gasteiger partial charge is 0.138 e. The number of ketones is 1. The molecule has 0 saturated heterocycles. The number of carbonyl (C=O) groups excluding carboxylic acids is 1. The minimum atomic E-state index is 0.281. The normalized spacial score (nSPS) is 10.4. The predicted octanol–water partition coefficient (Wildman–Crippen LogP) is 3.65. The molecule has 2 rings (SSSR count). The lowest BCUT2D eigenvalue weighted by atomic mass is 10.1. The lowest BCUT2D eigenvalue weighted by Gasteiger charge is -1.99. The second-order valence-corrected chi connectivity index (χ2v) is 6.33. The van der Waals surface area contributed by atoms with Gasteiger partial charge in [-0.1, -0.05) is 6.07 Å². The number of pyridine rings is 1. The maximum absolute atomic E-state index is 11.8. The molecule has 88 valence electrons. The zero-order valence-electron chi connectivity index (χ0n) is 9.23. The molecule has 0 aliphatic rings. The number of Topliss-reactive ketones (excluding diaryl/α,β-unsaturated/α-hetero) is 1. The third-order valence-corrected chi connectivity index (χ3v) is 4.04. The van der Waals surface area contributed by atoms with E-state index in [-0.39, 0.29) is 5.78 Å². The molecule has 0 bridgehead atoms. The summed E-state index contributed by atoms with van der Waals surface area (Å²) in [6.45, 7) is 0. The van der Waals surface area contributed by atoms with Gasteiger partial charge in [0.2, 0.25) is 0 Å². The van der Waals surface area contributed by atoms with E-state index in [0.717, 1.165) is 20.6 Å². The van der Waals surface area contributed by atoms with Crippen LogP contribution in [0.3, 0.4) is 0 Å². The second-order valence-electron chi connectivity index (χ2n) is 3.78. The molecule has 0 N–H and O–H groups in total. The van der Waals surface area contributed by atoms with Crippen LogP contribution in [0, 0.1) is 0 Å². The van der Waals surface area contributed by atoms with E-state index in [1.807, 2.05) is 30.5 Å². The molecule has 2 nitrogen and oxygen atoms in total. The molecular formula is C13H12BrNOS. The quantitative estimate of drug-likeness (QED) is 0.844. The summed E-state index contributed by atoms with van der Waals surface area (Å²) in [5.41, 5.74) is 1.12. The van der Waals surface area contributed by atoms with Gasteiger partial charge >= 0.3 is 0 Å². The van der Waals surface area contributed by atoms with E-state index in [1.54, 1.807) is 17.5 Å². The van der Waals surface area contributed by atoms with Crippen molar-refractivity contribution in [2.24, 2.45) is 0 Å². The van der Waals surface area contributed by atoms with Crippen molar-refractivity contribution < 1.29 is 4.79 Å². The number of aryl methyl sites for hydroxylation is 1. The second kappa shape index (κ2) is 6.07. The Hall–Kier alpha value is -1.000. The Morgan fingerprint density at radius 1 is 1.35 bits per heavy atom. The summed E-state index contributed by atoms with van der Waals surface area (Å²) < 4.78 is 1.08. The zero-order chi connectivity index (χ0) is 12.1. The minimum absolute atomic E-state index is 0.281. The first kappa shape index (κ1) is 12.5. The summed E-state index contributed by atoms with van der Waals surface area (Å²) in [5.74, 6) is 0.281. The van der Waals surface area contributed by atoms with Crippen LogP contribution in [0.15, 0.2) is 40.4 Å². The molecule has 2 aromatic rings. The molecule has 0 fully saturated rings. The summed E-state index contributed by atoms with van der Waals surface area (Å²) >= 11 is 5.02. The van der Waals surface area contributed by atoms with E-state index >= 15 is 0 Å². The lowest BCUT2D eigenvalue weighted by Crippen LogP contribution is -2.03. The van der Waals surface area contributed by atoms with Crippen LogP contribution in [0.25, 0.3) is 0 Å². The van der Waals surface area contributed by atoms with Gasteiger partial charge in [-0.25, -0.2) is 0 Å². The van der Waals surface area contributed by atoms with Gasteiger partial charge < -0.3 is 0 Å². The highest BCUT2D eigenvalue weighted by atomic mass is 79.9. The van der Waals surface area contributed by atoms with Crippen LogP contribution in [0.1, 0.15) is 16.9 Å². The van der Waals surface area contributed by atoms with Crippen molar-refractivity contribution in [3.8, 4) is 0 Å². The van der Waals surface area contributed by atoms with Gasteiger partial charge in [0.05, 0.1) is 3.79 Å². The first-order chi connectivity index (χ1) is 8.24. The van der Waals surface area contributed by atoms with E-state index in [1.165, 1.54) is 0 Å². The van der Waals surface area contributed by atoms with E-state index < -0.39 is 0 Å². The average molecular weight is 310 g/mol. The van der Waals surface area contributed by atoms with E-state index in [0.29, 0.717) is 12.8 Å². The maximum Gasteiger partial charge on any atom is 0.138 e. The summed E-state index contributed by atoms with van der Waals surface area (Å²) in [7, 11) is 0. The van der Waals surface area contributed by atoms with Crippen molar-refractivity contribution in [2.45, 2.75) is 19.3 Å². The van der Waals surface area contributed by atoms with Crippen molar-refractivity contribution in [2.75, 3.05) is 0 Å². The molecule has 0 aliphatic carbocycles. The Kier molecular flexibility index (Phi) is 4.45. The van der Waals surface area contributed by atoms with Gasteiger partial charge in [-0.2, -0.15) is 0 Å². The van der Waals surface area contributed by atoms with Gasteiger partial charge in [0, 0.05) is 30.1 Å². The first-order valence-electron chi connectivity index (χ1n) is 5.39. The molecule has 0 unspecified atom stereocenters. The fourth-order valence-corrected chi connectivity index (χ4v) is 3.07. The number of nitrogens with zero attached hydrogens (tertiary/aromatic N) is 1. The summed E-state index contributed by atoms with van der Waals surface area (Å²) in [4.78, 5) is 16.9.